The second-order valence-electron chi connectivity index (χ2n) is 5.69. The van der Waals surface area contributed by atoms with E-state index in [9.17, 15) is 4.79 Å². The van der Waals surface area contributed by atoms with Crippen molar-refractivity contribution >= 4 is 22.6 Å². The highest BCUT2D eigenvalue weighted by Crippen LogP contribution is 2.20. The quantitative estimate of drug-likeness (QED) is 0.879. The molecule has 1 aromatic heterocycles. The number of hydrogen-bond donors (Lipinski definition) is 2. The molecule has 1 unspecified atom stereocenters. The van der Waals surface area contributed by atoms with E-state index in [1.54, 1.807) is 6.07 Å². The maximum Gasteiger partial charge on any atom is 0.252 e. The van der Waals surface area contributed by atoms with Crippen molar-refractivity contribution in [3.8, 4) is 0 Å². The van der Waals surface area contributed by atoms with E-state index in [1.165, 1.54) is 0 Å². The molecule has 0 aliphatic carbocycles. The smallest absolute Gasteiger partial charge is 0.252 e. The first-order valence-electron chi connectivity index (χ1n) is 7.28. The van der Waals surface area contributed by atoms with Crippen molar-refractivity contribution < 1.29 is 4.79 Å². The molecule has 1 aromatic carbocycles. The monoisotopic (exact) mass is 284 g/mol. The number of pyridine rings is 1. The van der Waals surface area contributed by atoms with Crippen LogP contribution in [-0.4, -0.2) is 42.0 Å². The number of fused-ring (bicyclic) bond motifs is 1. The Morgan fingerprint density at radius 1 is 1.43 bits per heavy atom. The number of carbonyl (C=O) groups excluding carboxylic acids is 1. The molecule has 2 heterocycles. The molecule has 2 aromatic rings. The van der Waals surface area contributed by atoms with Crippen molar-refractivity contribution in [1.82, 2.24) is 15.2 Å². The van der Waals surface area contributed by atoms with Gasteiger partial charge in [-0.2, -0.15) is 0 Å². The topological polar surface area (TPSA) is 71.2 Å². The number of likely N-dealkylation sites (tertiary alicyclic amines) is 1. The summed E-state index contributed by atoms with van der Waals surface area (Å²) in [6.45, 7) is 1.99. The predicted octanol–water partition coefficient (Wildman–Crippen LogP) is 1.64. The largest absolute Gasteiger partial charge is 0.384 e. The van der Waals surface area contributed by atoms with Crippen LogP contribution >= 0.6 is 0 Å². The van der Waals surface area contributed by atoms with Gasteiger partial charge in [-0.1, -0.05) is 18.2 Å². The zero-order chi connectivity index (χ0) is 14.8. The van der Waals surface area contributed by atoms with E-state index in [4.69, 9.17) is 5.73 Å². The lowest BCUT2D eigenvalue weighted by Crippen LogP contribution is -2.46. The van der Waals surface area contributed by atoms with Crippen LogP contribution in [0.1, 0.15) is 23.2 Å². The van der Waals surface area contributed by atoms with Gasteiger partial charge < -0.3 is 16.0 Å². The van der Waals surface area contributed by atoms with Crippen molar-refractivity contribution in [2.75, 3.05) is 25.9 Å². The molecular formula is C16H20N4O. The number of amides is 1. The van der Waals surface area contributed by atoms with Crippen LogP contribution in [-0.2, 0) is 0 Å². The number of piperidine rings is 1. The van der Waals surface area contributed by atoms with Crippen molar-refractivity contribution in [1.29, 1.82) is 0 Å². The van der Waals surface area contributed by atoms with E-state index < -0.39 is 0 Å². The highest BCUT2D eigenvalue weighted by atomic mass is 16.1. The van der Waals surface area contributed by atoms with E-state index in [0.29, 0.717) is 11.4 Å². The first kappa shape index (κ1) is 13.8. The molecule has 110 valence electrons. The number of likely N-dealkylation sites (N-methyl/N-ethyl adjacent to an activating group) is 1. The molecule has 3 N–H and O–H groups in total. The summed E-state index contributed by atoms with van der Waals surface area (Å²) in [5.41, 5.74) is 7.17. The normalized spacial score (nSPS) is 19.6. The average molecular weight is 284 g/mol. The Balaban J connectivity index is 1.87. The average Bonchev–Trinajstić information content (AvgIpc) is 2.46. The standard InChI is InChI=1S/C16H20N4O/c1-20-8-4-5-11(10-20)18-16(21)13-9-15(17)19-14-7-3-2-6-12(13)14/h2-3,6-7,9,11H,4-5,8,10H2,1H3,(H2,17,19)(H,18,21). The minimum Gasteiger partial charge on any atom is -0.384 e. The van der Waals surface area contributed by atoms with Gasteiger partial charge >= 0.3 is 0 Å². The highest BCUT2D eigenvalue weighted by molar-refractivity contribution is 6.07. The number of para-hydroxylation sites is 1. The Hall–Kier alpha value is -2.14. The summed E-state index contributed by atoms with van der Waals surface area (Å²) in [5.74, 6) is 0.306. The van der Waals surface area contributed by atoms with E-state index in [1.807, 2.05) is 24.3 Å². The van der Waals surface area contributed by atoms with Crippen LogP contribution in [0.2, 0.25) is 0 Å². The molecule has 1 atom stereocenters. The van der Waals surface area contributed by atoms with E-state index in [-0.39, 0.29) is 11.9 Å². The molecule has 1 saturated heterocycles. The molecule has 5 nitrogen and oxygen atoms in total. The Labute approximate surface area is 124 Å². The fraction of sp³-hybridized carbons (Fsp3) is 0.375. The molecule has 1 aliphatic heterocycles. The first-order valence-corrected chi connectivity index (χ1v) is 7.28. The van der Waals surface area contributed by atoms with Gasteiger partial charge in [0.1, 0.15) is 5.82 Å². The van der Waals surface area contributed by atoms with E-state index in [0.717, 1.165) is 36.8 Å². The fourth-order valence-corrected chi connectivity index (χ4v) is 2.93. The molecule has 0 radical (unpaired) electrons. The van der Waals surface area contributed by atoms with E-state index in [2.05, 4.69) is 22.2 Å². The number of nitrogens with two attached hydrogens (primary N) is 1. The van der Waals surface area contributed by atoms with Crippen molar-refractivity contribution in [3.63, 3.8) is 0 Å². The summed E-state index contributed by atoms with van der Waals surface area (Å²) < 4.78 is 0. The molecule has 21 heavy (non-hydrogen) atoms. The number of benzene rings is 1. The molecule has 1 amide bonds. The summed E-state index contributed by atoms with van der Waals surface area (Å²) >= 11 is 0. The molecule has 0 saturated carbocycles. The van der Waals surface area contributed by atoms with E-state index >= 15 is 0 Å². The Kier molecular flexibility index (Phi) is 3.75. The lowest BCUT2D eigenvalue weighted by Gasteiger charge is -2.30. The zero-order valence-corrected chi connectivity index (χ0v) is 12.2. The minimum atomic E-state index is -0.0689. The number of rotatable bonds is 2. The van der Waals surface area contributed by atoms with Crippen molar-refractivity contribution in [2.24, 2.45) is 0 Å². The molecule has 0 spiro atoms. The highest BCUT2D eigenvalue weighted by Gasteiger charge is 2.20. The summed E-state index contributed by atoms with van der Waals surface area (Å²) in [6, 6.07) is 9.44. The van der Waals surface area contributed by atoms with Gasteiger partial charge in [0.25, 0.3) is 5.91 Å². The predicted molar refractivity (Wildman–Crippen MR) is 84.1 cm³/mol. The van der Waals surface area contributed by atoms with Crippen LogP contribution in [0.25, 0.3) is 10.9 Å². The van der Waals surface area contributed by atoms with Gasteiger partial charge in [-0.05, 0) is 38.6 Å². The number of hydrogen-bond acceptors (Lipinski definition) is 4. The van der Waals surface area contributed by atoms with Crippen LogP contribution in [0.4, 0.5) is 5.82 Å². The van der Waals surface area contributed by atoms with Crippen molar-refractivity contribution in [2.45, 2.75) is 18.9 Å². The lowest BCUT2D eigenvalue weighted by molar-refractivity contribution is 0.0914. The van der Waals surface area contributed by atoms with Gasteiger partial charge in [0.05, 0.1) is 11.1 Å². The molecule has 1 fully saturated rings. The maximum absolute atomic E-state index is 12.6. The van der Waals surface area contributed by atoms with Crippen LogP contribution in [0.15, 0.2) is 30.3 Å². The Morgan fingerprint density at radius 2 is 2.24 bits per heavy atom. The Morgan fingerprint density at radius 3 is 3.05 bits per heavy atom. The van der Waals surface area contributed by atoms with Crippen LogP contribution < -0.4 is 11.1 Å². The lowest BCUT2D eigenvalue weighted by atomic mass is 10.0. The van der Waals surface area contributed by atoms with Crippen molar-refractivity contribution in [3.05, 3.63) is 35.9 Å². The van der Waals surface area contributed by atoms with Gasteiger partial charge in [0.15, 0.2) is 0 Å². The van der Waals surface area contributed by atoms with Gasteiger partial charge in [0.2, 0.25) is 0 Å². The number of aromatic nitrogens is 1. The van der Waals surface area contributed by atoms with Gasteiger partial charge in [-0.15, -0.1) is 0 Å². The number of nitrogens with zero attached hydrogens (tertiary/aromatic N) is 2. The van der Waals surface area contributed by atoms with Crippen LogP contribution in [0.5, 0.6) is 0 Å². The molecule has 1 aliphatic rings. The Bertz CT molecular complexity index is 670. The summed E-state index contributed by atoms with van der Waals surface area (Å²) in [6.07, 6.45) is 2.13. The van der Waals surface area contributed by atoms with Crippen LogP contribution in [0.3, 0.4) is 0 Å². The number of nitrogen functional groups attached to an aromatic ring is 1. The minimum absolute atomic E-state index is 0.0689. The SMILES string of the molecule is CN1CCCC(NC(=O)c2cc(N)nc3ccccc23)C1. The third-order valence-electron chi connectivity index (χ3n) is 3.94. The number of nitrogens with one attached hydrogen (secondary N) is 1. The van der Waals surface area contributed by atoms with Crippen LogP contribution in [0, 0.1) is 0 Å². The maximum atomic E-state index is 12.6. The summed E-state index contributed by atoms with van der Waals surface area (Å²) in [7, 11) is 2.08. The molecule has 3 rings (SSSR count). The zero-order valence-electron chi connectivity index (χ0n) is 12.2. The summed E-state index contributed by atoms with van der Waals surface area (Å²) in [4.78, 5) is 19.1. The first-order chi connectivity index (χ1) is 10.1. The molecule has 0 bridgehead atoms. The molecular weight excluding hydrogens is 264 g/mol. The fourth-order valence-electron chi connectivity index (χ4n) is 2.93. The third kappa shape index (κ3) is 2.97. The second-order valence-corrected chi connectivity index (χ2v) is 5.69. The number of anilines is 1. The number of carbonyl (C=O) groups is 1. The van der Waals surface area contributed by atoms with Gasteiger partial charge in [-0.3, -0.25) is 4.79 Å². The molecule has 5 heteroatoms. The van der Waals surface area contributed by atoms with Gasteiger partial charge in [-0.25, -0.2) is 4.98 Å². The summed E-state index contributed by atoms with van der Waals surface area (Å²) in [5, 5.41) is 3.96. The van der Waals surface area contributed by atoms with Gasteiger partial charge in [0, 0.05) is 18.0 Å². The second kappa shape index (κ2) is 5.69. The third-order valence-corrected chi connectivity index (χ3v) is 3.94.